The molecule has 94 valence electrons. The summed E-state index contributed by atoms with van der Waals surface area (Å²) in [7, 11) is 0. The molecule has 0 aliphatic rings. The number of carbonyl (C=O) groups is 1. The monoisotopic (exact) mass is 310 g/mol. The van der Waals surface area contributed by atoms with Gasteiger partial charge in [0.05, 0.1) is 0 Å². The molecule has 5 heteroatoms. The van der Waals surface area contributed by atoms with E-state index in [-0.39, 0.29) is 5.78 Å². The SMILES string of the molecule is CCCn1nccc1C(=O)c1cc(F)cc(Br)c1. The standard InChI is InChI=1S/C13H12BrFN2O/c1-2-5-17-12(3-4-16-17)13(18)9-6-10(14)8-11(15)7-9/h3-4,6-8H,2,5H2,1H3. The summed E-state index contributed by atoms with van der Waals surface area (Å²) in [6, 6.07) is 5.81. The van der Waals surface area contributed by atoms with E-state index in [4.69, 9.17) is 0 Å². The van der Waals surface area contributed by atoms with Crippen molar-refractivity contribution in [2.75, 3.05) is 0 Å². The molecular formula is C13H12BrFN2O. The van der Waals surface area contributed by atoms with Gasteiger partial charge in [0, 0.05) is 22.8 Å². The van der Waals surface area contributed by atoms with Gasteiger partial charge in [0.2, 0.25) is 5.78 Å². The first kappa shape index (κ1) is 13.0. The molecule has 0 bridgehead atoms. The lowest BCUT2D eigenvalue weighted by atomic mass is 10.1. The highest BCUT2D eigenvalue weighted by atomic mass is 79.9. The number of hydrogen-bond donors (Lipinski definition) is 0. The number of benzene rings is 1. The van der Waals surface area contributed by atoms with Crippen molar-refractivity contribution in [3.63, 3.8) is 0 Å². The molecule has 0 radical (unpaired) electrons. The fraction of sp³-hybridized carbons (Fsp3) is 0.231. The Balaban J connectivity index is 2.38. The van der Waals surface area contributed by atoms with Gasteiger partial charge in [-0.25, -0.2) is 4.39 Å². The van der Waals surface area contributed by atoms with Gasteiger partial charge in [-0.3, -0.25) is 9.48 Å². The number of carbonyl (C=O) groups excluding carboxylic acids is 1. The predicted octanol–water partition coefficient (Wildman–Crippen LogP) is 3.43. The van der Waals surface area contributed by atoms with Gasteiger partial charge in [0.15, 0.2) is 0 Å². The Morgan fingerprint density at radius 3 is 2.89 bits per heavy atom. The molecule has 0 fully saturated rings. The largest absolute Gasteiger partial charge is 0.287 e. The topological polar surface area (TPSA) is 34.9 Å². The first-order valence-corrected chi connectivity index (χ1v) is 6.43. The zero-order valence-electron chi connectivity index (χ0n) is 9.86. The Labute approximate surface area is 113 Å². The van der Waals surface area contributed by atoms with Gasteiger partial charge in [-0.2, -0.15) is 5.10 Å². The molecule has 1 aromatic carbocycles. The van der Waals surface area contributed by atoms with Gasteiger partial charge in [0.1, 0.15) is 11.5 Å². The lowest BCUT2D eigenvalue weighted by molar-refractivity contribution is 0.102. The summed E-state index contributed by atoms with van der Waals surface area (Å²) in [6.07, 6.45) is 2.46. The van der Waals surface area contributed by atoms with E-state index in [0.29, 0.717) is 22.3 Å². The molecule has 2 aromatic rings. The fourth-order valence-electron chi connectivity index (χ4n) is 1.75. The van der Waals surface area contributed by atoms with Crippen LogP contribution in [0.4, 0.5) is 4.39 Å². The molecule has 0 saturated heterocycles. The van der Waals surface area contributed by atoms with Crippen molar-refractivity contribution in [2.24, 2.45) is 0 Å². The molecule has 1 heterocycles. The molecule has 0 N–H and O–H groups in total. The maximum atomic E-state index is 13.3. The molecule has 0 aliphatic heterocycles. The maximum Gasteiger partial charge on any atom is 0.211 e. The third kappa shape index (κ3) is 2.67. The Bertz CT molecular complexity index is 560. The maximum absolute atomic E-state index is 13.3. The lowest BCUT2D eigenvalue weighted by Crippen LogP contribution is -2.11. The molecule has 0 spiro atoms. The van der Waals surface area contributed by atoms with Crippen LogP contribution in [0.2, 0.25) is 0 Å². The van der Waals surface area contributed by atoms with Crippen molar-refractivity contribution in [1.29, 1.82) is 0 Å². The van der Waals surface area contributed by atoms with Crippen LogP contribution in [-0.4, -0.2) is 15.6 Å². The first-order valence-electron chi connectivity index (χ1n) is 5.64. The average molecular weight is 311 g/mol. The van der Waals surface area contributed by atoms with Crippen LogP contribution >= 0.6 is 15.9 Å². The van der Waals surface area contributed by atoms with Crippen molar-refractivity contribution < 1.29 is 9.18 Å². The van der Waals surface area contributed by atoms with Crippen LogP contribution in [0.5, 0.6) is 0 Å². The van der Waals surface area contributed by atoms with Gasteiger partial charge < -0.3 is 0 Å². The summed E-state index contributed by atoms with van der Waals surface area (Å²) in [5.74, 6) is -0.657. The minimum Gasteiger partial charge on any atom is -0.287 e. The highest BCUT2D eigenvalue weighted by Gasteiger charge is 2.15. The van der Waals surface area contributed by atoms with Crippen LogP contribution in [0.3, 0.4) is 0 Å². The third-order valence-corrected chi connectivity index (χ3v) is 2.97. The molecule has 0 amide bonds. The molecule has 2 rings (SSSR count). The Morgan fingerprint density at radius 2 is 2.22 bits per heavy atom. The molecule has 18 heavy (non-hydrogen) atoms. The number of halogens is 2. The average Bonchev–Trinajstić information content (AvgIpc) is 2.75. The number of nitrogens with zero attached hydrogens (tertiary/aromatic N) is 2. The quantitative estimate of drug-likeness (QED) is 0.811. The number of aryl methyl sites for hydroxylation is 1. The zero-order valence-corrected chi connectivity index (χ0v) is 11.4. The van der Waals surface area contributed by atoms with Crippen molar-refractivity contribution in [3.8, 4) is 0 Å². The Hall–Kier alpha value is -1.49. The second-order valence-corrected chi connectivity index (χ2v) is 4.84. The summed E-state index contributed by atoms with van der Waals surface area (Å²) < 4.78 is 15.5. The highest BCUT2D eigenvalue weighted by molar-refractivity contribution is 9.10. The minimum atomic E-state index is -0.436. The van der Waals surface area contributed by atoms with Crippen LogP contribution in [0.1, 0.15) is 29.4 Å². The zero-order chi connectivity index (χ0) is 13.1. The normalized spacial score (nSPS) is 10.6. The van der Waals surface area contributed by atoms with Crippen LogP contribution in [-0.2, 0) is 6.54 Å². The summed E-state index contributed by atoms with van der Waals surface area (Å²) in [5, 5.41) is 4.09. The number of hydrogen-bond acceptors (Lipinski definition) is 2. The van der Waals surface area contributed by atoms with E-state index in [1.165, 1.54) is 12.1 Å². The number of ketones is 1. The highest BCUT2D eigenvalue weighted by Crippen LogP contribution is 2.18. The molecule has 3 nitrogen and oxygen atoms in total. The summed E-state index contributed by atoms with van der Waals surface area (Å²) in [4.78, 5) is 12.3. The lowest BCUT2D eigenvalue weighted by Gasteiger charge is -2.06. The number of aromatic nitrogens is 2. The fourth-order valence-corrected chi connectivity index (χ4v) is 2.21. The van der Waals surface area contributed by atoms with Gasteiger partial charge in [-0.15, -0.1) is 0 Å². The second kappa shape index (κ2) is 5.44. The molecule has 1 aromatic heterocycles. The second-order valence-electron chi connectivity index (χ2n) is 3.93. The van der Waals surface area contributed by atoms with Crippen LogP contribution < -0.4 is 0 Å². The van der Waals surface area contributed by atoms with Crippen LogP contribution in [0.25, 0.3) is 0 Å². The molecular weight excluding hydrogens is 299 g/mol. The van der Waals surface area contributed by atoms with E-state index in [9.17, 15) is 9.18 Å². The van der Waals surface area contributed by atoms with E-state index in [0.717, 1.165) is 6.42 Å². The summed E-state index contributed by atoms with van der Waals surface area (Å²) in [5.41, 5.74) is 0.800. The van der Waals surface area contributed by atoms with Gasteiger partial charge in [0.25, 0.3) is 0 Å². The number of rotatable bonds is 4. The smallest absolute Gasteiger partial charge is 0.211 e. The minimum absolute atomic E-state index is 0.221. The van der Waals surface area contributed by atoms with E-state index in [2.05, 4.69) is 21.0 Å². The molecule has 0 aliphatic carbocycles. The first-order chi connectivity index (χ1) is 8.61. The van der Waals surface area contributed by atoms with E-state index >= 15 is 0 Å². The van der Waals surface area contributed by atoms with Crippen molar-refractivity contribution in [3.05, 3.63) is 52.0 Å². The third-order valence-electron chi connectivity index (χ3n) is 2.51. The van der Waals surface area contributed by atoms with Gasteiger partial charge in [-0.1, -0.05) is 22.9 Å². The predicted molar refractivity (Wildman–Crippen MR) is 70.1 cm³/mol. The van der Waals surface area contributed by atoms with E-state index < -0.39 is 5.82 Å². The van der Waals surface area contributed by atoms with E-state index in [1.807, 2.05) is 6.92 Å². The van der Waals surface area contributed by atoms with Crippen LogP contribution in [0.15, 0.2) is 34.9 Å². The van der Waals surface area contributed by atoms with Gasteiger partial charge >= 0.3 is 0 Å². The molecule has 0 saturated carbocycles. The van der Waals surface area contributed by atoms with E-state index in [1.54, 1.807) is 23.0 Å². The Morgan fingerprint density at radius 1 is 1.44 bits per heavy atom. The molecule has 0 unspecified atom stereocenters. The summed E-state index contributed by atoms with van der Waals surface area (Å²) in [6.45, 7) is 2.68. The van der Waals surface area contributed by atoms with Crippen LogP contribution in [0, 0.1) is 5.82 Å². The molecule has 0 atom stereocenters. The van der Waals surface area contributed by atoms with Gasteiger partial charge in [-0.05, 0) is 30.7 Å². The van der Waals surface area contributed by atoms with Crippen molar-refractivity contribution in [1.82, 2.24) is 9.78 Å². The van der Waals surface area contributed by atoms with Crippen molar-refractivity contribution in [2.45, 2.75) is 19.9 Å². The Kier molecular flexibility index (Phi) is 3.91. The van der Waals surface area contributed by atoms with Crippen molar-refractivity contribution >= 4 is 21.7 Å². The summed E-state index contributed by atoms with van der Waals surface area (Å²) >= 11 is 3.18.